The summed E-state index contributed by atoms with van der Waals surface area (Å²) in [5.41, 5.74) is 1.29. The van der Waals surface area contributed by atoms with Crippen molar-refractivity contribution in [3.8, 4) is 5.88 Å². The molecule has 0 saturated carbocycles. The maximum absolute atomic E-state index is 5.11. The summed E-state index contributed by atoms with van der Waals surface area (Å²) in [5, 5.41) is 3.56. The second-order valence-electron chi connectivity index (χ2n) is 6.43. The largest absolute Gasteiger partial charge is 0.481 e. The molecule has 2 aliphatic rings. The van der Waals surface area contributed by atoms with E-state index in [9.17, 15) is 0 Å². The highest BCUT2D eigenvalue weighted by molar-refractivity contribution is 5.17. The van der Waals surface area contributed by atoms with Gasteiger partial charge >= 0.3 is 0 Å². The van der Waals surface area contributed by atoms with E-state index in [0.717, 1.165) is 18.4 Å². The molecule has 4 heteroatoms. The standard InChI is InChI=1S/C17H27N3O/c1-21-17-5-4-14(11-19-17)13-20-9-6-15(7-10-20)16-3-2-8-18-12-16/h4-5,11,15-16,18H,2-3,6-10,12-13H2,1H3. The van der Waals surface area contributed by atoms with Gasteiger partial charge in [0.2, 0.25) is 5.88 Å². The fraction of sp³-hybridized carbons (Fsp3) is 0.706. The molecule has 2 aliphatic heterocycles. The van der Waals surface area contributed by atoms with Gasteiger partial charge in [-0.1, -0.05) is 6.07 Å². The van der Waals surface area contributed by atoms with Gasteiger partial charge < -0.3 is 10.1 Å². The van der Waals surface area contributed by atoms with Crippen molar-refractivity contribution in [2.75, 3.05) is 33.3 Å². The molecule has 1 atom stereocenters. The van der Waals surface area contributed by atoms with Gasteiger partial charge in [-0.2, -0.15) is 0 Å². The van der Waals surface area contributed by atoms with Crippen molar-refractivity contribution in [1.29, 1.82) is 0 Å². The van der Waals surface area contributed by atoms with Crippen LogP contribution in [0.3, 0.4) is 0 Å². The fourth-order valence-corrected chi connectivity index (χ4v) is 3.75. The van der Waals surface area contributed by atoms with E-state index in [4.69, 9.17) is 4.74 Å². The monoisotopic (exact) mass is 289 g/mol. The molecule has 2 saturated heterocycles. The van der Waals surface area contributed by atoms with E-state index < -0.39 is 0 Å². The predicted octanol–water partition coefficient (Wildman–Crippen LogP) is 2.30. The molecule has 0 amide bonds. The Labute approximate surface area is 127 Å². The van der Waals surface area contributed by atoms with Gasteiger partial charge in [0.15, 0.2) is 0 Å². The van der Waals surface area contributed by atoms with Crippen LogP contribution in [0.1, 0.15) is 31.2 Å². The number of nitrogens with one attached hydrogen (secondary N) is 1. The molecule has 0 bridgehead atoms. The van der Waals surface area contributed by atoms with E-state index in [2.05, 4.69) is 21.3 Å². The molecule has 0 spiro atoms. The van der Waals surface area contributed by atoms with Gasteiger partial charge in [0.05, 0.1) is 7.11 Å². The van der Waals surface area contributed by atoms with Crippen LogP contribution in [0.2, 0.25) is 0 Å². The maximum atomic E-state index is 5.11. The molecule has 1 aromatic heterocycles. The predicted molar refractivity (Wildman–Crippen MR) is 84.4 cm³/mol. The number of pyridine rings is 1. The average molecular weight is 289 g/mol. The van der Waals surface area contributed by atoms with E-state index >= 15 is 0 Å². The van der Waals surface area contributed by atoms with E-state index in [-0.39, 0.29) is 0 Å². The molecule has 1 N–H and O–H groups in total. The number of hydrogen-bond donors (Lipinski definition) is 1. The first-order chi connectivity index (χ1) is 10.3. The maximum Gasteiger partial charge on any atom is 0.212 e. The Morgan fingerprint density at radius 1 is 1.24 bits per heavy atom. The SMILES string of the molecule is COc1ccc(CN2CCC(C3CCCNC3)CC2)cn1. The highest BCUT2D eigenvalue weighted by Gasteiger charge is 2.27. The Kier molecular flexibility index (Phi) is 5.09. The van der Waals surface area contributed by atoms with Gasteiger partial charge in [-0.05, 0) is 69.3 Å². The summed E-state index contributed by atoms with van der Waals surface area (Å²) in [5.74, 6) is 2.55. The molecule has 1 aromatic rings. The Balaban J connectivity index is 1.46. The van der Waals surface area contributed by atoms with Crippen LogP contribution < -0.4 is 10.1 Å². The van der Waals surface area contributed by atoms with Crippen LogP contribution in [0.4, 0.5) is 0 Å². The van der Waals surface area contributed by atoms with Crippen LogP contribution in [0.25, 0.3) is 0 Å². The number of piperidine rings is 2. The molecule has 116 valence electrons. The Bertz CT molecular complexity index is 420. The summed E-state index contributed by atoms with van der Waals surface area (Å²) < 4.78 is 5.11. The first-order valence-electron chi connectivity index (χ1n) is 8.27. The zero-order chi connectivity index (χ0) is 14.5. The number of ether oxygens (including phenoxy) is 1. The molecule has 4 nitrogen and oxygen atoms in total. The van der Waals surface area contributed by atoms with Crippen molar-refractivity contribution in [1.82, 2.24) is 15.2 Å². The number of aromatic nitrogens is 1. The van der Waals surface area contributed by atoms with Crippen LogP contribution in [-0.4, -0.2) is 43.2 Å². The van der Waals surface area contributed by atoms with Crippen molar-refractivity contribution in [2.24, 2.45) is 11.8 Å². The minimum Gasteiger partial charge on any atom is -0.481 e. The van der Waals surface area contributed by atoms with Crippen molar-refractivity contribution in [3.63, 3.8) is 0 Å². The van der Waals surface area contributed by atoms with Gasteiger partial charge in [0, 0.05) is 18.8 Å². The number of rotatable bonds is 4. The van der Waals surface area contributed by atoms with E-state index in [1.165, 1.54) is 57.4 Å². The molecule has 0 aromatic carbocycles. The third-order valence-electron chi connectivity index (χ3n) is 5.05. The lowest BCUT2D eigenvalue weighted by Crippen LogP contribution is -2.40. The summed E-state index contributed by atoms with van der Waals surface area (Å²) in [6.45, 7) is 5.94. The molecule has 1 unspecified atom stereocenters. The number of likely N-dealkylation sites (tertiary alicyclic amines) is 1. The molecule has 0 aliphatic carbocycles. The van der Waals surface area contributed by atoms with Gasteiger partial charge in [0.25, 0.3) is 0 Å². The molecule has 2 fully saturated rings. The number of hydrogen-bond acceptors (Lipinski definition) is 4. The Hall–Kier alpha value is -1.13. The lowest BCUT2D eigenvalue weighted by Gasteiger charge is -2.37. The smallest absolute Gasteiger partial charge is 0.212 e. The van der Waals surface area contributed by atoms with E-state index in [0.29, 0.717) is 5.88 Å². The zero-order valence-electron chi connectivity index (χ0n) is 13.1. The van der Waals surface area contributed by atoms with Gasteiger partial charge in [0.1, 0.15) is 0 Å². The molecule has 3 rings (SSSR count). The second kappa shape index (κ2) is 7.23. The third kappa shape index (κ3) is 3.95. The van der Waals surface area contributed by atoms with Gasteiger partial charge in [-0.3, -0.25) is 4.90 Å². The Morgan fingerprint density at radius 3 is 2.71 bits per heavy atom. The third-order valence-corrected chi connectivity index (χ3v) is 5.05. The highest BCUT2D eigenvalue weighted by Crippen LogP contribution is 2.29. The topological polar surface area (TPSA) is 37.4 Å². The molecular formula is C17H27N3O. The van der Waals surface area contributed by atoms with Crippen LogP contribution in [0.15, 0.2) is 18.3 Å². The Morgan fingerprint density at radius 2 is 2.10 bits per heavy atom. The molecule has 0 radical (unpaired) electrons. The summed E-state index contributed by atoms with van der Waals surface area (Å²) in [4.78, 5) is 6.86. The summed E-state index contributed by atoms with van der Waals surface area (Å²) in [7, 11) is 1.66. The van der Waals surface area contributed by atoms with Gasteiger partial charge in [-0.25, -0.2) is 4.98 Å². The average Bonchev–Trinajstić information content (AvgIpc) is 2.57. The van der Waals surface area contributed by atoms with Crippen molar-refractivity contribution >= 4 is 0 Å². The van der Waals surface area contributed by atoms with Crippen molar-refractivity contribution < 1.29 is 4.74 Å². The van der Waals surface area contributed by atoms with Crippen LogP contribution in [0.5, 0.6) is 5.88 Å². The van der Waals surface area contributed by atoms with Crippen LogP contribution in [0, 0.1) is 11.8 Å². The summed E-state index contributed by atoms with van der Waals surface area (Å²) in [6, 6.07) is 4.08. The van der Waals surface area contributed by atoms with E-state index in [1.54, 1.807) is 7.11 Å². The quantitative estimate of drug-likeness (QED) is 0.923. The van der Waals surface area contributed by atoms with E-state index in [1.807, 2.05) is 12.3 Å². The first kappa shape index (κ1) is 14.8. The minimum absolute atomic E-state index is 0.697. The fourth-order valence-electron chi connectivity index (χ4n) is 3.75. The van der Waals surface area contributed by atoms with Crippen LogP contribution >= 0.6 is 0 Å². The number of methoxy groups -OCH3 is 1. The molecule has 21 heavy (non-hydrogen) atoms. The molecular weight excluding hydrogens is 262 g/mol. The summed E-state index contributed by atoms with van der Waals surface area (Å²) >= 11 is 0. The first-order valence-corrected chi connectivity index (χ1v) is 8.27. The lowest BCUT2D eigenvalue weighted by atomic mass is 9.80. The zero-order valence-corrected chi connectivity index (χ0v) is 13.1. The van der Waals surface area contributed by atoms with Crippen LogP contribution in [-0.2, 0) is 6.54 Å². The number of nitrogens with zero attached hydrogens (tertiary/aromatic N) is 2. The summed E-state index contributed by atoms with van der Waals surface area (Å²) in [6.07, 6.45) is 7.45. The molecule has 3 heterocycles. The van der Waals surface area contributed by atoms with Crippen molar-refractivity contribution in [3.05, 3.63) is 23.9 Å². The lowest BCUT2D eigenvalue weighted by molar-refractivity contribution is 0.128. The normalized spacial score (nSPS) is 24.9. The van der Waals surface area contributed by atoms with Crippen molar-refractivity contribution in [2.45, 2.75) is 32.2 Å². The highest BCUT2D eigenvalue weighted by atomic mass is 16.5. The van der Waals surface area contributed by atoms with Gasteiger partial charge in [-0.15, -0.1) is 0 Å². The second-order valence-corrected chi connectivity index (χ2v) is 6.43. The minimum atomic E-state index is 0.697.